The molecule has 0 saturated carbocycles. The van der Waals surface area contributed by atoms with Crippen molar-refractivity contribution in [3.8, 4) is 0 Å². The van der Waals surface area contributed by atoms with Gasteiger partial charge in [0.1, 0.15) is 0 Å². The Bertz CT molecular complexity index is 399. The Morgan fingerprint density at radius 2 is 2.17 bits per heavy atom. The van der Waals surface area contributed by atoms with Crippen molar-refractivity contribution in [1.29, 1.82) is 0 Å². The van der Waals surface area contributed by atoms with Gasteiger partial charge in [-0.2, -0.15) is 24.9 Å². The molecule has 0 radical (unpaired) electrons. The summed E-state index contributed by atoms with van der Waals surface area (Å²) in [5.41, 5.74) is 0.172. The van der Waals surface area contributed by atoms with Crippen LogP contribution in [0.15, 0.2) is 24.3 Å². The Balaban J connectivity index is 2.25. The third-order valence-corrected chi connectivity index (χ3v) is 4.51. The third kappa shape index (κ3) is 3.01. The number of thioether (sulfide) groups is 1. The smallest absolute Gasteiger partial charge is 0.313 e. The Morgan fingerprint density at radius 1 is 1.39 bits per heavy atom. The monoisotopic (exact) mass is 275 g/mol. The maximum atomic E-state index is 12.7. The van der Waals surface area contributed by atoms with E-state index in [0.717, 1.165) is 29.6 Å². The summed E-state index contributed by atoms with van der Waals surface area (Å²) in [5, 5.41) is 3.16. The van der Waals surface area contributed by atoms with Crippen LogP contribution in [0.1, 0.15) is 23.6 Å². The first kappa shape index (κ1) is 13.7. The average molecular weight is 275 g/mol. The highest BCUT2D eigenvalue weighted by Crippen LogP contribution is 2.36. The second kappa shape index (κ2) is 5.53. The van der Waals surface area contributed by atoms with Crippen molar-refractivity contribution in [2.45, 2.75) is 18.6 Å². The summed E-state index contributed by atoms with van der Waals surface area (Å²) in [4.78, 5) is 0. The summed E-state index contributed by atoms with van der Waals surface area (Å²) in [6.45, 7) is 0. The first-order valence-electron chi connectivity index (χ1n) is 5.94. The summed E-state index contributed by atoms with van der Waals surface area (Å²) < 4.78 is 38.1. The molecule has 0 bridgehead atoms. The highest BCUT2D eigenvalue weighted by molar-refractivity contribution is 7.99. The van der Waals surface area contributed by atoms with E-state index in [9.17, 15) is 13.2 Å². The fraction of sp³-hybridized carbons (Fsp3) is 0.538. The molecule has 2 atom stereocenters. The molecule has 1 aliphatic heterocycles. The van der Waals surface area contributed by atoms with E-state index in [2.05, 4.69) is 5.32 Å². The molecule has 1 aromatic carbocycles. The van der Waals surface area contributed by atoms with E-state index < -0.39 is 11.7 Å². The molecule has 1 nitrogen and oxygen atoms in total. The molecule has 1 aromatic rings. The van der Waals surface area contributed by atoms with Crippen LogP contribution in [0.3, 0.4) is 0 Å². The predicted molar refractivity (Wildman–Crippen MR) is 68.7 cm³/mol. The fourth-order valence-corrected chi connectivity index (χ4v) is 3.70. The number of halogens is 3. The maximum Gasteiger partial charge on any atom is 0.416 e. The molecule has 2 unspecified atom stereocenters. The Morgan fingerprint density at radius 3 is 2.72 bits per heavy atom. The van der Waals surface area contributed by atoms with E-state index in [4.69, 9.17) is 0 Å². The predicted octanol–water partition coefficient (Wildman–Crippen LogP) is 3.72. The second-order valence-corrected chi connectivity index (χ2v) is 5.66. The Hall–Kier alpha value is -0.680. The van der Waals surface area contributed by atoms with Gasteiger partial charge in [-0.15, -0.1) is 0 Å². The summed E-state index contributed by atoms with van der Waals surface area (Å²) in [5.74, 6) is 2.53. The van der Waals surface area contributed by atoms with Crippen LogP contribution in [0.5, 0.6) is 0 Å². The quantitative estimate of drug-likeness (QED) is 0.902. The maximum absolute atomic E-state index is 12.7. The molecule has 0 spiro atoms. The van der Waals surface area contributed by atoms with Crippen molar-refractivity contribution in [1.82, 2.24) is 5.32 Å². The molecule has 18 heavy (non-hydrogen) atoms. The lowest BCUT2D eigenvalue weighted by molar-refractivity contribution is -0.137. The lowest BCUT2D eigenvalue weighted by Crippen LogP contribution is -2.25. The molecule has 2 rings (SSSR count). The van der Waals surface area contributed by atoms with Gasteiger partial charge >= 0.3 is 6.18 Å². The van der Waals surface area contributed by atoms with Crippen LogP contribution in [0.25, 0.3) is 0 Å². The molecule has 1 saturated heterocycles. The first-order valence-corrected chi connectivity index (χ1v) is 7.10. The molecule has 0 aromatic heterocycles. The molecule has 100 valence electrons. The molecule has 1 N–H and O–H groups in total. The molecular weight excluding hydrogens is 259 g/mol. The molecular formula is C13H16F3NS. The molecule has 1 aliphatic rings. The standard InChI is InChI=1S/C13H16F3NS/c1-17-12(10-5-6-18-8-10)9-3-2-4-11(7-9)13(14,15)16/h2-4,7,10,12,17H,5-6,8H2,1H3. The zero-order valence-corrected chi connectivity index (χ0v) is 10.9. The van der Waals surface area contributed by atoms with Crippen LogP contribution in [0.2, 0.25) is 0 Å². The van der Waals surface area contributed by atoms with Gasteiger partial charge in [0.15, 0.2) is 0 Å². The highest BCUT2D eigenvalue weighted by Gasteiger charge is 2.32. The lowest BCUT2D eigenvalue weighted by Gasteiger charge is -2.23. The number of nitrogens with one attached hydrogen (secondary N) is 1. The van der Waals surface area contributed by atoms with Gasteiger partial charge in [-0.1, -0.05) is 12.1 Å². The summed E-state index contributed by atoms with van der Waals surface area (Å²) in [6.07, 6.45) is -3.20. The van der Waals surface area contributed by atoms with Gasteiger partial charge < -0.3 is 5.32 Å². The number of rotatable bonds is 3. The fourth-order valence-electron chi connectivity index (χ4n) is 2.40. The largest absolute Gasteiger partial charge is 0.416 e. The van der Waals surface area contributed by atoms with Crippen LogP contribution in [-0.2, 0) is 6.18 Å². The number of alkyl halides is 3. The zero-order chi connectivity index (χ0) is 13.2. The molecule has 1 fully saturated rings. The van der Waals surface area contributed by atoms with Crippen molar-refractivity contribution in [3.05, 3.63) is 35.4 Å². The minimum absolute atomic E-state index is 0.0160. The van der Waals surface area contributed by atoms with E-state index in [1.807, 2.05) is 18.8 Å². The molecule has 5 heteroatoms. The van der Waals surface area contributed by atoms with E-state index >= 15 is 0 Å². The summed E-state index contributed by atoms with van der Waals surface area (Å²) in [7, 11) is 1.81. The SMILES string of the molecule is CNC(c1cccc(C(F)(F)F)c1)C1CCSC1. The minimum atomic E-state index is -4.27. The zero-order valence-electron chi connectivity index (χ0n) is 10.1. The number of hydrogen-bond acceptors (Lipinski definition) is 2. The van der Waals surface area contributed by atoms with Crippen LogP contribution < -0.4 is 5.32 Å². The van der Waals surface area contributed by atoms with Crippen molar-refractivity contribution in [3.63, 3.8) is 0 Å². The van der Waals surface area contributed by atoms with Crippen molar-refractivity contribution >= 4 is 11.8 Å². The third-order valence-electron chi connectivity index (χ3n) is 3.32. The van der Waals surface area contributed by atoms with E-state index in [1.165, 1.54) is 12.1 Å². The number of benzene rings is 1. The van der Waals surface area contributed by atoms with E-state index in [1.54, 1.807) is 6.07 Å². The topological polar surface area (TPSA) is 12.0 Å². The summed E-state index contributed by atoms with van der Waals surface area (Å²) in [6, 6.07) is 5.68. The summed E-state index contributed by atoms with van der Waals surface area (Å²) >= 11 is 1.87. The second-order valence-electron chi connectivity index (χ2n) is 4.51. The molecule has 0 amide bonds. The Labute approximate surface area is 109 Å². The number of hydrogen-bond donors (Lipinski definition) is 1. The van der Waals surface area contributed by atoms with Crippen molar-refractivity contribution in [2.24, 2.45) is 5.92 Å². The van der Waals surface area contributed by atoms with E-state index in [0.29, 0.717) is 5.92 Å². The lowest BCUT2D eigenvalue weighted by atomic mass is 9.91. The first-order chi connectivity index (χ1) is 8.52. The molecule has 1 heterocycles. The van der Waals surface area contributed by atoms with E-state index in [-0.39, 0.29) is 6.04 Å². The van der Waals surface area contributed by atoms with Crippen LogP contribution in [0, 0.1) is 5.92 Å². The van der Waals surface area contributed by atoms with Crippen molar-refractivity contribution in [2.75, 3.05) is 18.6 Å². The molecule has 0 aliphatic carbocycles. The minimum Gasteiger partial charge on any atom is -0.313 e. The highest BCUT2D eigenvalue weighted by atomic mass is 32.2. The van der Waals surface area contributed by atoms with Crippen LogP contribution in [-0.4, -0.2) is 18.6 Å². The van der Waals surface area contributed by atoms with Gasteiger partial charge in [0.05, 0.1) is 5.56 Å². The Kier molecular flexibility index (Phi) is 4.22. The van der Waals surface area contributed by atoms with Gasteiger partial charge in [-0.05, 0) is 48.6 Å². The van der Waals surface area contributed by atoms with Crippen LogP contribution >= 0.6 is 11.8 Å². The van der Waals surface area contributed by atoms with Gasteiger partial charge in [0.2, 0.25) is 0 Å². The van der Waals surface area contributed by atoms with Gasteiger partial charge in [-0.25, -0.2) is 0 Å². The van der Waals surface area contributed by atoms with Gasteiger partial charge in [0, 0.05) is 6.04 Å². The van der Waals surface area contributed by atoms with Crippen molar-refractivity contribution < 1.29 is 13.2 Å². The normalized spacial score (nSPS) is 22.1. The van der Waals surface area contributed by atoms with Gasteiger partial charge in [0.25, 0.3) is 0 Å². The van der Waals surface area contributed by atoms with Gasteiger partial charge in [-0.3, -0.25) is 0 Å². The average Bonchev–Trinajstić information content (AvgIpc) is 2.83. The van der Waals surface area contributed by atoms with Crippen LogP contribution in [0.4, 0.5) is 13.2 Å².